The molecule has 0 aliphatic carbocycles. The van der Waals surface area contributed by atoms with Crippen LogP contribution in [0.15, 0.2) is 36.4 Å². The molecule has 2 aromatic carbocycles. The molecule has 0 amide bonds. The van der Waals surface area contributed by atoms with Crippen molar-refractivity contribution in [2.45, 2.75) is 0 Å². The second-order valence-corrected chi connectivity index (χ2v) is 3.31. The van der Waals surface area contributed by atoms with Gasteiger partial charge >= 0.3 is 18.9 Å². The summed E-state index contributed by atoms with van der Waals surface area (Å²) in [7, 11) is 4.08. The Hall–Kier alpha value is -0.903. The summed E-state index contributed by atoms with van der Waals surface area (Å²) in [6, 6.07) is 15.7. The Kier molecular flexibility index (Phi) is 3.63. The first kappa shape index (κ1) is 11.2. The second-order valence-electron chi connectivity index (χ2n) is 3.31. The fourth-order valence-corrected chi connectivity index (χ4v) is 1.52. The summed E-state index contributed by atoms with van der Waals surface area (Å²) in [5, 5.41) is 2.53. The van der Waals surface area contributed by atoms with E-state index >= 15 is 0 Å². The van der Waals surface area contributed by atoms with Gasteiger partial charge < -0.3 is 4.90 Å². The van der Waals surface area contributed by atoms with Crippen LogP contribution in [0, 0.1) is 6.07 Å². The first-order valence-corrected chi connectivity index (χ1v) is 4.36. The monoisotopic (exact) mass is 177 g/mol. The molecule has 0 aliphatic heterocycles. The van der Waals surface area contributed by atoms with E-state index in [-0.39, 0.29) is 18.9 Å². The molecule has 66 valence electrons. The third-order valence-electron chi connectivity index (χ3n) is 2.15. The molecule has 0 N–H and O–H groups in total. The molecule has 2 rings (SSSR count). The minimum Gasteiger partial charge on any atom is -0.399 e. The number of hydrogen-bond donors (Lipinski definition) is 0. The molecule has 2 aromatic rings. The van der Waals surface area contributed by atoms with Gasteiger partial charge in [-0.3, -0.25) is 0 Å². The molecule has 1 nitrogen and oxygen atoms in total. The molecular weight excluding hydrogens is 165 g/mol. The van der Waals surface area contributed by atoms with Crippen molar-refractivity contribution in [2.75, 3.05) is 19.0 Å². The van der Waals surface area contributed by atoms with E-state index < -0.39 is 0 Å². The number of benzene rings is 2. The van der Waals surface area contributed by atoms with Crippen molar-refractivity contribution in [1.82, 2.24) is 0 Å². The molecule has 14 heavy (non-hydrogen) atoms. The van der Waals surface area contributed by atoms with Crippen molar-refractivity contribution in [3.63, 3.8) is 0 Å². The van der Waals surface area contributed by atoms with Crippen molar-refractivity contribution in [2.24, 2.45) is 0 Å². The molecule has 0 atom stereocenters. The third kappa shape index (κ3) is 1.95. The SMILES string of the molecule is CN(C)c1[c-]ccc2ccccc12.[Li+]. The minimum atomic E-state index is 0. The zero-order valence-corrected chi connectivity index (χ0v) is 8.91. The summed E-state index contributed by atoms with van der Waals surface area (Å²) in [6.45, 7) is 0. The fraction of sp³-hybridized carbons (Fsp3) is 0.167. The maximum absolute atomic E-state index is 3.24. The maximum Gasteiger partial charge on any atom is 1.00 e. The maximum atomic E-state index is 3.24. The van der Waals surface area contributed by atoms with Gasteiger partial charge in [-0.2, -0.15) is 18.2 Å². The predicted octanol–water partition coefficient (Wildman–Crippen LogP) is -0.290. The number of fused-ring (bicyclic) bond motifs is 1. The molecule has 0 spiro atoms. The summed E-state index contributed by atoms with van der Waals surface area (Å²) < 4.78 is 0. The van der Waals surface area contributed by atoms with Crippen molar-refractivity contribution in [1.29, 1.82) is 0 Å². The standard InChI is InChI=1S/C12H12N.Li/c1-13(2)12-9-5-7-10-6-3-4-8-11(10)12;/h3-8H,1-2H3;/q-1;+1. The van der Waals surface area contributed by atoms with Crippen LogP contribution in [0.2, 0.25) is 0 Å². The molecular formula is C12H12LiN. The molecule has 0 saturated carbocycles. The van der Waals surface area contributed by atoms with Crippen LogP contribution >= 0.6 is 0 Å². The van der Waals surface area contributed by atoms with Gasteiger partial charge in [0.1, 0.15) is 0 Å². The Labute approximate surface area is 96.9 Å². The smallest absolute Gasteiger partial charge is 0.399 e. The first-order valence-electron chi connectivity index (χ1n) is 4.36. The average Bonchev–Trinajstić information content (AvgIpc) is 2.17. The van der Waals surface area contributed by atoms with Crippen molar-refractivity contribution in [3.05, 3.63) is 42.5 Å². The molecule has 0 unspecified atom stereocenters. The summed E-state index contributed by atoms with van der Waals surface area (Å²) in [5.74, 6) is 0. The minimum absolute atomic E-state index is 0. The van der Waals surface area contributed by atoms with E-state index in [0.29, 0.717) is 0 Å². The van der Waals surface area contributed by atoms with Gasteiger partial charge in [0.15, 0.2) is 0 Å². The molecule has 0 saturated heterocycles. The normalized spacial score (nSPS) is 9.57. The van der Waals surface area contributed by atoms with Crippen LogP contribution in [0.1, 0.15) is 0 Å². The summed E-state index contributed by atoms with van der Waals surface area (Å²) >= 11 is 0. The number of nitrogens with zero attached hydrogens (tertiary/aromatic N) is 1. The van der Waals surface area contributed by atoms with Gasteiger partial charge in [0.05, 0.1) is 0 Å². The van der Waals surface area contributed by atoms with Crippen LogP contribution in [0.4, 0.5) is 5.69 Å². The van der Waals surface area contributed by atoms with E-state index in [9.17, 15) is 0 Å². The zero-order valence-electron chi connectivity index (χ0n) is 8.91. The average molecular weight is 177 g/mol. The Morgan fingerprint density at radius 3 is 2.50 bits per heavy atom. The fourth-order valence-electron chi connectivity index (χ4n) is 1.52. The van der Waals surface area contributed by atoms with Gasteiger partial charge in [-0.25, -0.2) is 0 Å². The second kappa shape index (κ2) is 4.55. The summed E-state index contributed by atoms with van der Waals surface area (Å²) in [4.78, 5) is 2.09. The van der Waals surface area contributed by atoms with E-state index in [4.69, 9.17) is 0 Å². The number of hydrogen-bond acceptors (Lipinski definition) is 1. The summed E-state index contributed by atoms with van der Waals surface area (Å²) in [5.41, 5.74) is 1.15. The van der Waals surface area contributed by atoms with E-state index in [1.165, 1.54) is 10.8 Å². The molecule has 0 heterocycles. The van der Waals surface area contributed by atoms with Crippen LogP contribution in [0.3, 0.4) is 0 Å². The van der Waals surface area contributed by atoms with Crippen LogP contribution in [0.5, 0.6) is 0 Å². The van der Waals surface area contributed by atoms with Crippen molar-refractivity contribution < 1.29 is 18.9 Å². The summed E-state index contributed by atoms with van der Waals surface area (Å²) in [6.07, 6.45) is 0. The topological polar surface area (TPSA) is 3.24 Å². The first-order chi connectivity index (χ1) is 6.29. The zero-order chi connectivity index (χ0) is 9.26. The van der Waals surface area contributed by atoms with Crippen LogP contribution < -0.4 is 23.8 Å². The van der Waals surface area contributed by atoms with Crippen LogP contribution in [0.25, 0.3) is 10.8 Å². The van der Waals surface area contributed by atoms with Gasteiger partial charge in [0.2, 0.25) is 0 Å². The van der Waals surface area contributed by atoms with Gasteiger partial charge in [-0.1, -0.05) is 23.9 Å². The molecule has 0 aliphatic rings. The molecule has 2 heteroatoms. The largest absolute Gasteiger partial charge is 1.00 e. The third-order valence-corrected chi connectivity index (χ3v) is 2.15. The molecule has 0 radical (unpaired) electrons. The van der Waals surface area contributed by atoms with E-state index in [2.05, 4.69) is 41.3 Å². The van der Waals surface area contributed by atoms with E-state index in [0.717, 1.165) is 5.69 Å². The number of anilines is 1. The van der Waals surface area contributed by atoms with E-state index in [1.807, 2.05) is 20.2 Å². The van der Waals surface area contributed by atoms with Gasteiger partial charge in [0.25, 0.3) is 0 Å². The van der Waals surface area contributed by atoms with Crippen LogP contribution in [-0.2, 0) is 0 Å². The van der Waals surface area contributed by atoms with Crippen molar-refractivity contribution >= 4 is 16.5 Å². The Balaban J connectivity index is 0.000000980. The van der Waals surface area contributed by atoms with Gasteiger partial charge in [-0.05, 0) is 0 Å². The molecule has 0 bridgehead atoms. The number of rotatable bonds is 1. The Morgan fingerprint density at radius 1 is 1.07 bits per heavy atom. The van der Waals surface area contributed by atoms with Crippen LogP contribution in [-0.4, -0.2) is 14.1 Å². The Morgan fingerprint density at radius 2 is 1.79 bits per heavy atom. The quantitative estimate of drug-likeness (QED) is 0.427. The van der Waals surface area contributed by atoms with Crippen molar-refractivity contribution in [3.8, 4) is 0 Å². The van der Waals surface area contributed by atoms with Gasteiger partial charge in [-0.15, -0.1) is 16.8 Å². The molecule has 0 fully saturated rings. The molecule has 0 aromatic heterocycles. The van der Waals surface area contributed by atoms with Gasteiger partial charge in [0, 0.05) is 14.1 Å². The van der Waals surface area contributed by atoms with E-state index in [1.54, 1.807) is 0 Å². The Bertz CT molecular complexity index is 418. The predicted molar refractivity (Wildman–Crippen MR) is 57.1 cm³/mol.